The minimum Gasteiger partial charge on any atom is -0.342 e. The van der Waals surface area contributed by atoms with Crippen molar-refractivity contribution in [2.75, 3.05) is 39.3 Å². The molecule has 4 heteroatoms. The van der Waals surface area contributed by atoms with E-state index in [2.05, 4.69) is 9.80 Å². The summed E-state index contributed by atoms with van der Waals surface area (Å²) in [6.07, 6.45) is 11.4. The molecule has 3 fully saturated rings. The van der Waals surface area contributed by atoms with E-state index in [4.69, 9.17) is 5.73 Å². The highest BCUT2D eigenvalue weighted by Crippen LogP contribution is 2.33. The van der Waals surface area contributed by atoms with Crippen LogP contribution in [0, 0.1) is 17.8 Å². The first-order valence-corrected chi connectivity index (χ1v) is 9.99. The average Bonchev–Trinajstić information content (AvgIpc) is 2.92. The summed E-state index contributed by atoms with van der Waals surface area (Å²) in [6.45, 7) is 6.38. The van der Waals surface area contributed by atoms with Gasteiger partial charge in [0.15, 0.2) is 0 Å². The Morgan fingerprint density at radius 1 is 0.913 bits per heavy atom. The Balaban J connectivity index is 1.52. The first-order valence-electron chi connectivity index (χ1n) is 9.99. The van der Waals surface area contributed by atoms with Crippen LogP contribution in [-0.2, 0) is 4.79 Å². The van der Waals surface area contributed by atoms with E-state index in [0.717, 1.165) is 25.9 Å². The Bertz CT molecular complexity index is 379. The van der Waals surface area contributed by atoms with Crippen LogP contribution in [0.4, 0.5) is 0 Å². The number of rotatable bonds is 4. The Morgan fingerprint density at radius 3 is 2.43 bits per heavy atom. The maximum Gasteiger partial charge on any atom is 0.226 e. The Hall–Kier alpha value is -0.610. The number of hydrogen-bond donors (Lipinski definition) is 1. The van der Waals surface area contributed by atoms with Gasteiger partial charge in [-0.3, -0.25) is 4.79 Å². The lowest BCUT2D eigenvalue weighted by Crippen LogP contribution is -2.47. The lowest BCUT2D eigenvalue weighted by Gasteiger charge is -2.37. The van der Waals surface area contributed by atoms with Gasteiger partial charge in [-0.15, -0.1) is 0 Å². The molecule has 2 heterocycles. The minimum absolute atomic E-state index is 0.219. The van der Waals surface area contributed by atoms with Crippen LogP contribution < -0.4 is 5.73 Å². The van der Waals surface area contributed by atoms with Crippen molar-refractivity contribution in [2.24, 2.45) is 23.5 Å². The molecule has 0 spiro atoms. The smallest absolute Gasteiger partial charge is 0.226 e. The fourth-order valence-corrected chi connectivity index (χ4v) is 4.98. The van der Waals surface area contributed by atoms with Gasteiger partial charge in [0.05, 0.1) is 0 Å². The molecular weight excluding hydrogens is 286 g/mol. The van der Waals surface area contributed by atoms with Crippen molar-refractivity contribution in [3.05, 3.63) is 0 Å². The average molecular weight is 322 g/mol. The predicted molar refractivity (Wildman–Crippen MR) is 94.1 cm³/mol. The highest BCUT2D eigenvalue weighted by molar-refractivity contribution is 5.79. The van der Waals surface area contributed by atoms with E-state index in [1.807, 2.05) is 0 Å². The Labute approximate surface area is 141 Å². The third kappa shape index (κ3) is 4.48. The summed E-state index contributed by atoms with van der Waals surface area (Å²) < 4.78 is 0. The summed E-state index contributed by atoms with van der Waals surface area (Å²) in [5, 5.41) is 0. The number of nitrogens with two attached hydrogens (primary N) is 1. The molecule has 0 aromatic rings. The molecule has 0 aromatic heterocycles. The van der Waals surface area contributed by atoms with Crippen LogP contribution in [-0.4, -0.2) is 55.0 Å². The van der Waals surface area contributed by atoms with Gasteiger partial charge in [0.1, 0.15) is 0 Å². The fourth-order valence-electron chi connectivity index (χ4n) is 4.98. The summed E-state index contributed by atoms with van der Waals surface area (Å²) >= 11 is 0. The van der Waals surface area contributed by atoms with Gasteiger partial charge < -0.3 is 15.5 Å². The molecule has 1 unspecified atom stereocenters. The topological polar surface area (TPSA) is 49.6 Å². The third-order valence-electron chi connectivity index (χ3n) is 6.32. The molecule has 3 atom stereocenters. The van der Waals surface area contributed by atoms with E-state index in [9.17, 15) is 4.79 Å². The lowest BCUT2D eigenvalue weighted by molar-refractivity contribution is -0.138. The van der Waals surface area contributed by atoms with Gasteiger partial charge in [0.2, 0.25) is 5.91 Å². The standard InChI is InChI=1S/C19H35N3O/c20-13-17-8-5-9-18(17)19(23)22-12-6-7-16(15-22)14-21-10-3-1-2-4-11-21/h16-18H,1-15,20H2/t16?,17-,18-/m1/s1. The van der Waals surface area contributed by atoms with Crippen LogP contribution in [0.3, 0.4) is 0 Å². The summed E-state index contributed by atoms with van der Waals surface area (Å²) in [5.74, 6) is 1.76. The van der Waals surface area contributed by atoms with Crippen molar-refractivity contribution in [3.8, 4) is 0 Å². The third-order valence-corrected chi connectivity index (χ3v) is 6.32. The van der Waals surface area contributed by atoms with Gasteiger partial charge in [0, 0.05) is 25.6 Å². The molecule has 3 rings (SSSR count). The van der Waals surface area contributed by atoms with Crippen molar-refractivity contribution in [1.82, 2.24) is 9.80 Å². The van der Waals surface area contributed by atoms with Gasteiger partial charge in [-0.05, 0) is 70.0 Å². The zero-order valence-electron chi connectivity index (χ0n) is 14.7. The van der Waals surface area contributed by atoms with Gasteiger partial charge in [-0.25, -0.2) is 0 Å². The van der Waals surface area contributed by atoms with E-state index < -0.39 is 0 Å². The van der Waals surface area contributed by atoms with Gasteiger partial charge in [-0.2, -0.15) is 0 Å². The highest BCUT2D eigenvalue weighted by Gasteiger charge is 2.36. The second-order valence-electron chi connectivity index (χ2n) is 8.04. The number of nitrogens with zero attached hydrogens (tertiary/aromatic N) is 2. The van der Waals surface area contributed by atoms with Crippen molar-refractivity contribution in [2.45, 2.75) is 57.8 Å². The first kappa shape index (κ1) is 17.2. The molecule has 1 aliphatic carbocycles. The number of piperidine rings is 1. The largest absolute Gasteiger partial charge is 0.342 e. The summed E-state index contributed by atoms with van der Waals surface area (Å²) in [5.41, 5.74) is 5.88. The second kappa shape index (κ2) is 8.48. The second-order valence-corrected chi connectivity index (χ2v) is 8.04. The number of carbonyl (C=O) groups is 1. The molecular formula is C19H35N3O. The maximum atomic E-state index is 12.9. The van der Waals surface area contributed by atoms with Crippen molar-refractivity contribution < 1.29 is 4.79 Å². The van der Waals surface area contributed by atoms with E-state index in [-0.39, 0.29) is 5.92 Å². The molecule has 2 saturated heterocycles. The lowest BCUT2D eigenvalue weighted by atomic mass is 9.91. The van der Waals surface area contributed by atoms with Crippen LogP contribution in [0.25, 0.3) is 0 Å². The molecule has 1 amide bonds. The molecule has 2 aliphatic heterocycles. The van der Waals surface area contributed by atoms with E-state index in [1.54, 1.807) is 0 Å². The van der Waals surface area contributed by atoms with Crippen molar-refractivity contribution >= 4 is 5.91 Å². The van der Waals surface area contributed by atoms with Crippen molar-refractivity contribution in [3.63, 3.8) is 0 Å². The summed E-state index contributed by atoms with van der Waals surface area (Å²) in [4.78, 5) is 17.8. The zero-order valence-corrected chi connectivity index (χ0v) is 14.7. The molecule has 4 nitrogen and oxygen atoms in total. The molecule has 132 valence electrons. The summed E-state index contributed by atoms with van der Waals surface area (Å²) in [6, 6.07) is 0. The van der Waals surface area contributed by atoms with Crippen LogP contribution in [0.15, 0.2) is 0 Å². The van der Waals surface area contributed by atoms with Crippen LogP contribution in [0.1, 0.15) is 57.8 Å². The predicted octanol–water partition coefficient (Wildman–Crippen LogP) is 2.48. The normalized spacial score (nSPS) is 33.6. The van der Waals surface area contributed by atoms with Crippen LogP contribution in [0.5, 0.6) is 0 Å². The summed E-state index contributed by atoms with van der Waals surface area (Å²) in [7, 11) is 0. The van der Waals surface area contributed by atoms with Crippen molar-refractivity contribution in [1.29, 1.82) is 0 Å². The monoisotopic (exact) mass is 321 g/mol. The van der Waals surface area contributed by atoms with E-state index >= 15 is 0 Å². The zero-order chi connectivity index (χ0) is 16.1. The number of carbonyl (C=O) groups excluding carboxylic acids is 1. The fraction of sp³-hybridized carbons (Fsp3) is 0.947. The van der Waals surface area contributed by atoms with Crippen LogP contribution in [0.2, 0.25) is 0 Å². The first-order chi connectivity index (χ1) is 11.3. The SMILES string of the molecule is NC[C@H]1CCC[C@H]1C(=O)N1CCCC(CN2CCCCCC2)C1. The van der Waals surface area contributed by atoms with Gasteiger partial charge in [0.25, 0.3) is 0 Å². The molecule has 23 heavy (non-hydrogen) atoms. The Morgan fingerprint density at radius 2 is 1.70 bits per heavy atom. The maximum absolute atomic E-state index is 12.9. The van der Waals surface area contributed by atoms with Gasteiger partial charge in [-0.1, -0.05) is 19.3 Å². The highest BCUT2D eigenvalue weighted by atomic mass is 16.2. The molecule has 0 aromatic carbocycles. The molecule has 0 radical (unpaired) electrons. The molecule has 0 bridgehead atoms. The number of amides is 1. The number of likely N-dealkylation sites (tertiary alicyclic amines) is 2. The number of hydrogen-bond acceptors (Lipinski definition) is 3. The van der Waals surface area contributed by atoms with Gasteiger partial charge >= 0.3 is 0 Å². The molecule has 2 N–H and O–H groups in total. The molecule has 3 aliphatic rings. The van der Waals surface area contributed by atoms with E-state index in [1.165, 1.54) is 64.6 Å². The Kier molecular flexibility index (Phi) is 6.35. The quantitative estimate of drug-likeness (QED) is 0.865. The minimum atomic E-state index is 0.219. The van der Waals surface area contributed by atoms with Crippen LogP contribution >= 0.6 is 0 Å². The van der Waals surface area contributed by atoms with E-state index in [0.29, 0.717) is 24.3 Å². The molecule has 1 saturated carbocycles.